The number of amides is 1. The van der Waals surface area contributed by atoms with E-state index < -0.39 is 0 Å². The lowest BCUT2D eigenvalue weighted by atomic mass is 10.1. The van der Waals surface area contributed by atoms with Gasteiger partial charge in [0.15, 0.2) is 0 Å². The van der Waals surface area contributed by atoms with E-state index in [1.165, 1.54) is 0 Å². The summed E-state index contributed by atoms with van der Waals surface area (Å²) in [7, 11) is 0. The molecule has 2 N–H and O–H groups in total. The van der Waals surface area contributed by atoms with Gasteiger partial charge < -0.3 is 10.4 Å². The van der Waals surface area contributed by atoms with Crippen LogP contribution in [0.1, 0.15) is 23.0 Å². The molecule has 2 aromatic rings. The van der Waals surface area contributed by atoms with Gasteiger partial charge in [0.2, 0.25) is 0 Å². The second kappa shape index (κ2) is 5.80. The van der Waals surface area contributed by atoms with E-state index in [0.717, 1.165) is 16.6 Å². The standard InChI is InChI=1S/C15H18N2O2/c1-10(9-18)8-16-15(19)13-7-11(2)17-14-6-4-3-5-12(13)14/h3-7,10,18H,8-9H2,1-2H3,(H,16,19). The molecule has 0 saturated heterocycles. The molecular weight excluding hydrogens is 240 g/mol. The first-order chi connectivity index (χ1) is 9.11. The Hall–Kier alpha value is -1.94. The third-order valence-corrected chi connectivity index (χ3v) is 3.01. The number of aromatic nitrogens is 1. The van der Waals surface area contributed by atoms with Crippen LogP contribution in [0.25, 0.3) is 10.9 Å². The number of fused-ring (bicyclic) bond motifs is 1. The maximum atomic E-state index is 12.2. The highest BCUT2D eigenvalue weighted by Crippen LogP contribution is 2.18. The van der Waals surface area contributed by atoms with Crippen LogP contribution in [-0.2, 0) is 0 Å². The lowest BCUT2D eigenvalue weighted by Gasteiger charge is -2.11. The van der Waals surface area contributed by atoms with E-state index in [9.17, 15) is 4.79 Å². The Balaban J connectivity index is 2.31. The van der Waals surface area contributed by atoms with Gasteiger partial charge in [-0.2, -0.15) is 0 Å². The highest BCUT2D eigenvalue weighted by atomic mass is 16.3. The van der Waals surface area contributed by atoms with E-state index in [1.54, 1.807) is 6.07 Å². The van der Waals surface area contributed by atoms with Crippen LogP contribution in [0.5, 0.6) is 0 Å². The van der Waals surface area contributed by atoms with E-state index in [2.05, 4.69) is 10.3 Å². The zero-order valence-corrected chi connectivity index (χ0v) is 11.2. The Bertz CT molecular complexity index is 596. The molecule has 1 amide bonds. The fraction of sp³-hybridized carbons (Fsp3) is 0.333. The van der Waals surface area contributed by atoms with Gasteiger partial charge in [-0.05, 0) is 25.0 Å². The van der Waals surface area contributed by atoms with Gasteiger partial charge in [-0.15, -0.1) is 0 Å². The molecule has 4 heteroatoms. The average molecular weight is 258 g/mol. The second-order valence-corrected chi connectivity index (χ2v) is 4.83. The van der Waals surface area contributed by atoms with Gasteiger partial charge in [0.25, 0.3) is 5.91 Å². The van der Waals surface area contributed by atoms with Gasteiger partial charge in [-0.3, -0.25) is 9.78 Å². The van der Waals surface area contributed by atoms with Crippen molar-refractivity contribution in [1.29, 1.82) is 0 Å². The summed E-state index contributed by atoms with van der Waals surface area (Å²) in [6.07, 6.45) is 0. The number of aryl methyl sites for hydroxylation is 1. The summed E-state index contributed by atoms with van der Waals surface area (Å²) >= 11 is 0. The Morgan fingerprint density at radius 1 is 1.42 bits per heavy atom. The van der Waals surface area contributed by atoms with Crippen LogP contribution in [-0.4, -0.2) is 29.1 Å². The predicted octanol–water partition coefficient (Wildman–Crippen LogP) is 1.90. The molecule has 0 saturated carbocycles. The molecule has 19 heavy (non-hydrogen) atoms. The van der Waals surface area contributed by atoms with Crippen LogP contribution in [0, 0.1) is 12.8 Å². The van der Waals surface area contributed by atoms with Crippen LogP contribution < -0.4 is 5.32 Å². The predicted molar refractivity (Wildman–Crippen MR) is 75.1 cm³/mol. The van der Waals surface area contributed by atoms with Crippen molar-refractivity contribution in [3.8, 4) is 0 Å². The van der Waals surface area contributed by atoms with Crippen LogP contribution in [0.3, 0.4) is 0 Å². The first-order valence-corrected chi connectivity index (χ1v) is 6.37. The molecule has 1 unspecified atom stereocenters. The van der Waals surface area contributed by atoms with Crippen LogP contribution in [0.15, 0.2) is 30.3 Å². The van der Waals surface area contributed by atoms with Gasteiger partial charge in [0, 0.05) is 24.2 Å². The number of aliphatic hydroxyl groups is 1. The lowest BCUT2D eigenvalue weighted by molar-refractivity contribution is 0.0944. The fourth-order valence-corrected chi connectivity index (χ4v) is 1.92. The van der Waals surface area contributed by atoms with Crippen molar-refractivity contribution < 1.29 is 9.90 Å². The summed E-state index contributed by atoms with van der Waals surface area (Å²) in [6, 6.07) is 9.39. The molecule has 4 nitrogen and oxygen atoms in total. The number of pyridine rings is 1. The molecule has 1 atom stereocenters. The normalized spacial score (nSPS) is 12.4. The van der Waals surface area contributed by atoms with Crippen molar-refractivity contribution in [3.05, 3.63) is 41.6 Å². The summed E-state index contributed by atoms with van der Waals surface area (Å²) in [5.41, 5.74) is 2.27. The number of hydrogen-bond acceptors (Lipinski definition) is 3. The second-order valence-electron chi connectivity index (χ2n) is 4.83. The molecule has 1 aromatic heterocycles. The van der Waals surface area contributed by atoms with Crippen molar-refractivity contribution in [1.82, 2.24) is 10.3 Å². The number of nitrogens with one attached hydrogen (secondary N) is 1. The van der Waals surface area contributed by atoms with E-state index in [1.807, 2.05) is 38.1 Å². The molecule has 100 valence electrons. The highest BCUT2D eigenvalue weighted by molar-refractivity contribution is 6.06. The van der Waals surface area contributed by atoms with Gasteiger partial charge in [-0.25, -0.2) is 0 Å². The summed E-state index contributed by atoms with van der Waals surface area (Å²) in [5, 5.41) is 12.7. The fourth-order valence-electron chi connectivity index (χ4n) is 1.92. The summed E-state index contributed by atoms with van der Waals surface area (Å²) in [5.74, 6) is -0.0693. The number of nitrogens with zero attached hydrogens (tertiary/aromatic N) is 1. The van der Waals surface area contributed by atoms with E-state index in [0.29, 0.717) is 12.1 Å². The van der Waals surface area contributed by atoms with Crippen molar-refractivity contribution >= 4 is 16.8 Å². The molecule has 0 bridgehead atoms. The Kier molecular flexibility index (Phi) is 4.12. The van der Waals surface area contributed by atoms with Crippen LogP contribution >= 0.6 is 0 Å². The first kappa shape index (κ1) is 13.5. The van der Waals surface area contributed by atoms with Crippen LogP contribution in [0.2, 0.25) is 0 Å². The highest BCUT2D eigenvalue weighted by Gasteiger charge is 2.12. The SMILES string of the molecule is Cc1cc(C(=O)NCC(C)CO)c2ccccc2n1. The van der Waals surface area contributed by atoms with Crippen LogP contribution in [0.4, 0.5) is 0 Å². The minimum Gasteiger partial charge on any atom is -0.396 e. The molecule has 2 rings (SSSR count). The third-order valence-electron chi connectivity index (χ3n) is 3.01. The Morgan fingerprint density at radius 3 is 2.89 bits per heavy atom. The van der Waals surface area contributed by atoms with Crippen molar-refractivity contribution in [2.45, 2.75) is 13.8 Å². The number of rotatable bonds is 4. The molecule has 0 radical (unpaired) electrons. The van der Waals surface area contributed by atoms with Gasteiger partial charge in [-0.1, -0.05) is 25.1 Å². The molecule has 0 aliphatic carbocycles. The Morgan fingerprint density at radius 2 is 2.16 bits per heavy atom. The molecule has 1 aromatic carbocycles. The topological polar surface area (TPSA) is 62.2 Å². The van der Waals surface area contributed by atoms with Crippen molar-refractivity contribution in [2.24, 2.45) is 5.92 Å². The third kappa shape index (κ3) is 3.09. The molecule has 1 heterocycles. The number of hydrogen-bond donors (Lipinski definition) is 2. The van der Waals surface area contributed by atoms with Gasteiger partial charge in [0.05, 0.1) is 11.1 Å². The van der Waals surface area contributed by atoms with Gasteiger partial charge in [0.1, 0.15) is 0 Å². The van der Waals surface area contributed by atoms with E-state index in [-0.39, 0.29) is 18.4 Å². The zero-order chi connectivity index (χ0) is 13.8. The van der Waals surface area contributed by atoms with Gasteiger partial charge >= 0.3 is 0 Å². The summed E-state index contributed by atoms with van der Waals surface area (Å²) in [4.78, 5) is 16.6. The molecule has 0 aliphatic rings. The number of carbonyl (C=O) groups is 1. The molecular formula is C15H18N2O2. The Labute approximate surface area is 112 Å². The lowest BCUT2D eigenvalue weighted by Crippen LogP contribution is -2.29. The number of benzene rings is 1. The van der Waals surface area contributed by atoms with E-state index in [4.69, 9.17) is 5.11 Å². The first-order valence-electron chi connectivity index (χ1n) is 6.37. The largest absolute Gasteiger partial charge is 0.396 e. The molecule has 0 fully saturated rings. The minimum atomic E-state index is -0.123. The zero-order valence-electron chi connectivity index (χ0n) is 11.2. The summed E-state index contributed by atoms with van der Waals surface area (Å²) in [6.45, 7) is 4.29. The average Bonchev–Trinajstić information content (AvgIpc) is 2.43. The number of para-hydroxylation sites is 1. The number of aliphatic hydroxyl groups excluding tert-OH is 1. The maximum absolute atomic E-state index is 12.2. The monoisotopic (exact) mass is 258 g/mol. The van der Waals surface area contributed by atoms with Crippen molar-refractivity contribution in [2.75, 3.05) is 13.2 Å². The minimum absolute atomic E-state index is 0.0538. The summed E-state index contributed by atoms with van der Waals surface area (Å²) < 4.78 is 0. The number of carbonyl (C=O) groups excluding carboxylic acids is 1. The molecule has 0 aliphatic heterocycles. The quantitative estimate of drug-likeness (QED) is 0.880. The van der Waals surface area contributed by atoms with Crippen molar-refractivity contribution in [3.63, 3.8) is 0 Å². The maximum Gasteiger partial charge on any atom is 0.252 e. The molecule has 0 spiro atoms. The van der Waals surface area contributed by atoms with E-state index >= 15 is 0 Å². The smallest absolute Gasteiger partial charge is 0.252 e.